The third kappa shape index (κ3) is 8.09. The summed E-state index contributed by atoms with van der Waals surface area (Å²) < 4.78 is 10.7. The largest absolute Gasteiger partial charge is 0.497 e. The zero-order chi connectivity index (χ0) is 20.9. The Morgan fingerprint density at radius 1 is 0.897 bits per heavy atom. The first-order valence-corrected chi connectivity index (χ1v) is 9.77. The number of carbonyl (C=O) groups is 2. The molecule has 2 aromatic rings. The van der Waals surface area contributed by atoms with E-state index >= 15 is 0 Å². The number of benzene rings is 2. The van der Waals surface area contributed by atoms with Gasteiger partial charge in [0.15, 0.2) is 0 Å². The highest BCUT2D eigenvalue weighted by Crippen LogP contribution is 2.13. The van der Waals surface area contributed by atoms with Gasteiger partial charge < -0.3 is 9.47 Å². The van der Waals surface area contributed by atoms with Crippen molar-refractivity contribution in [1.29, 1.82) is 0 Å². The molecule has 29 heavy (non-hydrogen) atoms. The van der Waals surface area contributed by atoms with Gasteiger partial charge in [0.25, 0.3) is 11.8 Å². The summed E-state index contributed by atoms with van der Waals surface area (Å²) in [4.78, 5) is 24.0. The maximum atomic E-state index is 12.1. The molecule has 0 saturated heterocycles. The lowest BCUT2D eigenvalue weighted by molar-refractivity contribution is -0.117. The van der Waals surface area contributed by atoms with Crippen molar-refractivity contribution in [3.8, 4) is 11.5 Å². The van der Waals surface area contributed by atoms with Crippen LogP contribution in [0.4, 0.5) is 0 Å². The average molecular weight is 396 g/mol. The van der Waals surface area contributed by atoms with Gasteiger partial charge in [0, 0.05) is 11.6 Å². The first-order valence-electron chi connectivity index (χ1n) is 9.77. The molecule has 0 aliphatic heterocycles. The standard InChI is InChI=1S/C23H28N2O4/c1-3-4-5-6-17-29-21-14-10-19(11-15-21)23(27)25-24-22(26)16-9-18-7-12-20(28-2)13-8-18/h7-16H,3-6,17H2,1-2H3,(H,24,26)(H,25,27)/b16-9+. The number of rotatable bonds is 10. The van der Waals surface area contributed by atoms with Crippen LogP contribution in [-0.4, -0.2) is 25.5 Å². The summed E-state index contributed by atoms with van der Waals surface area (Å²) in [5.41, 5.74) is 6.03. The number of nitrogens with one attached hydrogen (secondary N) is 2. The summed E-state index contributed by atoms with van der Waals surface area (Å²) in [6.07, 6.45) is 7.57. The highest BCUT2D eigenvalue weighted by molar-refractivity contribution is 5.97. The molecule has 0 radical (unpaired) electrons. The van der Waals surface area contributed by atoms with Crippen molar-refractivity contribution in [2.24, 2.45) is 0 Å². The lowest BCUT2D eigenvalue weighted by atomic mass is 10.2. The van der Waals surface area contributed by atoms with Gasteiger partial charge in [-0.3, -0.25) is 20.4 Å². The van der Waals surface area contributed by atoms with Crippen molar-refractivity contribution in [3.05, 3.63) is 65.7 Å². The van der Waals surface area contributed by atoms with Gasteiger partial charge in [-0.05, 0) is 54.5 Å². The summed E-state index contributed by atoms with van der Waals surface area (Å²) >= 11 is 0. The Morgan fingerprint density at radius 3 is 2.24 bits per heavy atom. The molecule has 6 nitrogen and oxygen atoms in total. The second-order valence-electron chi connectivity index (χ2n) is 6.48. The number of carbonyl (C=O) groups excluding carboxylic acids is 2. The monoisotopic (exact) mass is 396 g/mol. The molecular formula is C23H28N2O4. The molecule has 0 aliphatic rings. The summed E-state index contributed by atoms with van der Waals surface area (Å²) in [5.74, 6) is 0.642. The minimum atomic E-state index is -0.429. The zero-order valence-corrected chi connectivity index (χ0v) is 16.9. The van der Waals surface area contributed by atoms with Gasteiger partial charge >= 0.3 is 0 Å². The van der Waals surface area contributed by atoms with Gasteiger partial charge in [-0.15, -0.1) is 0 Å². The Balaban J connectivity index is 1.74. The molecular weight excluding hydrogens is 368 g/mol. The predicted molar refractivity (Wildman–Crippen MR) is 114 cm³/mol. The van der Waals surface area contributed by atoms with Crippen molar-refractivity contribution in [3.63, 3.8) is 0 Å². The summed E-state index contributed by atoms with van der Waals surface area (Å²) in [7, 11) is 1.59. The smallest absolute Gasteiger partial charge is 0.269 e. The molecule has 0 bridgehead atoms. The first kappa shape index (κ1) is 22.0. The highest BCUT2D eigenvalue weighted by Gasteiger charge is 2.06. The SMILES string of the molecule is CCCCCCOc1ccc(C(=O)NNC(=O)/C=C/c2ccc(OC)cc2)cc1. The number of methoxy groups -OCH3 is 1. The van der Waals surface area contributed by atoms with Crippen LogP contribution in [0.5, 0.6) is 11.5 Å². The maximum absolute atomic E-state index is 12.1. The molecule has 0 fully saturated rings. The van der Waals surface area contributed by atoms with E-state index in [0.29, 0.717) is 12.2 Å². The van der Waals surface area contributed by atoms with Crippen molar-refractivity contribution < 1.29 is 19.1 Å². The lowest BCUT2D eigenvalue weighted by Gasteiger charge is -2.08. The van der Waals surface area contributed by atoms with E-state index in [9.17, 15) is 9.59 Å². The minimum absolute atomic E-state index is 0.398. The molecule has 0 aliphatic carbocycles. The molecule has 0 spiro atoms. The lowest BCUT2D eigenvalue weighted by Crippen LogP contribution is -2.40. The Morgan fingerprint density at radius 2 is 1.59 bits per heavy atom. The van der Waals surface area contributed by atoms with E-state index in [-0.39, 0.29) is 0 Å². The van der Waals surface area contributed by atoms with Crippen molar-refractivity contribution >= 4 is 17.9 Å². The van der Waals surface area contributed by atoms with E-state index in [0.717, 1.165) is 29.9 Å². The Hall–Kier alpha value is -3.28. The van der Waals surface area contributed by atoms with Crippen LogP contribution in [0.3, 0.4) is 0 Å². The Labute approximate surface area is 171 Å². The molecule has 2 amide bonds. The number of unbranched alkanes of at least 4 members (excludes halogenated alkanes) is 3. The van der Waals surface area contributed by atoms with Crippen molar-refractivity contribution in [2.45, 2.75) is 32.6 Å². The van der Waals surface area contributed by atoms with E-state index in [1.165, 1.54) is 18.9 Å². The Kier molecular flexibility index (Phi) is 9.29. The van der Waals surface area contributed by atoms with E-state index < -0.39 is 11.8 Å². The molecule has 0 atom stereocenters. The zero-order valence-electron chi connectivity index (χ0n) is 16.9. The molecule has 154 valence electrons. The molecule has 6 heteroatoms. The van der Waals surface area contributed by atoms with Crippen LogP contribution < -0.4 is 20.3 Å². The number of ether oxygens (including phenoxy) is 2. The molecule has 0 saturated carbocycles. The van der Waals surface area contributed by atoms with Gasteiger partial charge in [-0.25, -0.2) is 0 Å². The molecule has 2 rings (SSSR count). The average Bonchev–Trinajstić information content (AvgIpc) is 2.76. The van der Waals surface area contributed by atoms with Crippen LogP contribution in [-0.2, 0) is 4.79 Å². The van der Waals surface area contributed by atoms with Gasteiger partial charge in [0.1, 0.15) is 11.5 Å². The van der Waals surface area contributed by atoms with E-state index in [1.54, 1.807) is 49.6 Å². The predicted octanol–water partition coefficient (Wildman–Crippen LogP) is 4.13. The fourth-order valence-corrected chi connectivity index (χ4v) is 2.54. The van der Waals surface area contributed by atoms with Gasteiger partial charge in [-0.1, -0.05) is 38.3 Å². The highest BCUT2D eigenvalue weighted by atomic mass is 16.5. The quantitative estimate of drug-likeness (QED) is 0.360. The fraction of sp³-hybridized carbons (Fsp3) is 0.304. The molecule has 2 N–H and O–H groups in total. The number of hydrogen-bond acceptors (Lipinski definition) is 4. The molecule has 0 unspecified atom stereocenters. The maximum Gasteiger partial charge on any atom is 0.269 e. The van der Waals surface area contributed by atoms with E-state index in [4.69, 9.17) is 9.47 Å². The minimum Gasteiger partial charge on any atom is -0.497 e. The Bertz CT molecular complexity index is 799. The van der Waals surface area contributed by atoms with Crippen LogP contribution in [0, 0.1) is 0 Å². The van der Waals surface area contributed by atoms with Crippen molar-refractivity contribution in [2.75, 3.05) is 13.7 Å². The number of amides is 2. The number of hydrazine groups is 1. The molecule has 0 heterocycles. The first-order chi connectivity index (χ1) is 14.1. The van der Waals surface area contributed by atoms with Gasteiger partial charge in [0.05, 0.1) is 13.7 Å². The summed E-state index contributed by atoms with van der Waals surface area (Å²) in [5, 5.41) is 0. The van der Waals surface area contributed by atoms with Gasteiger partial charge in [-0.2, -0.15) is 0 Å². The van der Waals surface area contributed by atoms with E-state index in [2.05, 4.69) is 17.8 Å². The third-order valence-electron chi connectivity index (χ3n) is 4.23. The normalized spacial score (nSPS) is 10.6. The van der Waals surface area contributed by atoms with Crippen LogP contribution in [0.1, 0.15) is 48.5 Å². The second kappa shape index (κ2) is 12.2. The van der Waals surface area contributed by atoms with Crippen LogP contribution >= 0.6 is 0 Å². The van der Waals surface area contributed by atoms with Crippen LogP contribution in [0.2, 0.25) is 0 Å². The summed E-state index contributed by atoms with van der Waals surface area (Å²) in [6.45, 7) is 2.84. The molecule has 0 aromatic heterocycles. The van der Waals surface area contributed by atoms with Crippen LogP contribution in [0.25, 0.3) is 6.08 Å². The van der Waals surface area contributed by atoms with Crippen LogP contribution in [0.15, 0.2) is 54.6 Å². The van der Waals surface area contributed by atoms with Crippen molar-refractivity contribution in [1.82, 2.24) is 10.9 Å². The number of hydrogen-bond donors (Lipinski definition) is 2. The molecule has 2 aromatic carbocycles. The van der Waals surface area contributed by atoms with Gasteiger partial charge in [0.2, 0.25) is 0 Å². The topological polar surface area (TPSA) is 76.7 Å². The second-order valence-corrected chi connectivity index (χ2v) is 6.48. The summed E-state index contributed by atoms with van der Waals surface area (Å²) in [6, 6.07) is 14.1. The van der Waals surface area contributed by atoms with E-state index in [1.807, 2.05) is 12.1 Å². The fourth-order valence-electron chi connectivity index (χ4n) is 2.54. The third-order valence-corrected chi connectivity index (χ3v) is 4.23.